The van der Waals surface area contributed by atoms with Gasteiger partial charge in [-0.05, 0) is 44.9 Å². The Hall–Kier alpha value is -1.39. The molecule has 1 unspecified atom stereocenters. The second-order valence-electron chi connectivity index (χ2n) is 6.10. The molecule has 0 saturated carbocycles. The molecule has 0 bridgehead atoms. The first-order chi connectivity index (χ1) is 11.6. The highest BCUT2D eigenvalue weighted by Gasteiger charge is 2.01. The van der Waals surface area contributed by atoms with Gasteiger partial charge in [0, 0.05) is 6.42 Å². The molecular weight excluding hydrogens is 304 g/mol. The van der Waals surface area contributed by atoms with Crippen LogP contribution in [0.1, 0.15) is 71.1 Å². The molecule has 0 aromatic rings. The Bertz CT molecular complexity index is 385. The van der Waals surface area contributed by atoms with E-state index in [4.69, 9.17) is 5.11 Å². The van der Waals surface area contributed by atoms with Gasteiger partial charge in [-0.25, -0.2) is 0 Å². The lowest BCUT2D eigenvalue weighted by Crippen LogP contribution is -2.04. The maximum atomic E-state index is 10.4. The van der Waals surface area contributed by atoms with Crippen molar-refractivity contribution in [2.75, 3.05) is 0 Å². The molecule has 0 aliphatic carbocycles. The van der Waals surface area contributed by atoms with Crippen molar-refractivity contribution < 1.29 is 20.1 Å². The Morgan fingerprint density at radius 2 is 1.75 bits per heavy atom. The van der Waals surface area contributed by atoms with Crippen LogP contribution in [0.2, 0.25) is 0 Å². The molecule has 4 heteroatoms. The minimum Gasteiger partial charge on any atom is -0.481 e. The summed E-state index contributed by atoms with van der Waals surface area (Å²) in [5, 5.41) is 28.0. The van der Waals surface area contributed by atoms with Crippen LogP contribution in [0.5, 0.6) is 0 Å². The number of aliphatic carboxylic acids is 1. The van der Waals surface area contributed by atoms with Gasteiger partial charge >= 0.3 is 5.97 Å². The van der Waals surface area contributed by atoms with E-state index in [1.54, 1.807) is 12.2 Å². The summed E-state index contributed by atoms with van der Waals surface area (Å²) in [6.07, 6.45) is 18.6. The number of carboxylic acid groups (broad SMARTS) is 1. The van der Waals surface area contributed by atoms with Crippen molar-refractivity contribution in [3.63, 3.8) is 0 Å². The van der Waals surface area contributed by atoms with Crippen LogP contribution in [-0.2, 0) is 4.79 Å². The van der Waals surface area contributed by atoms with Gasteiger partial charge in [0.25, 0.3) is 0 Å². The fraction of sp³-hybridized carbons (Fsp3) is 0.650. The number of hydrogen-bond acceptors (Lipinski definition) is 3. The molecule has 0 radical (unpaired) electrons. The largest absolute Gasteiger partial charge is 0.481 e. The third-order valence-corrected chi connectivity index (χ3v) is 3.69. The predicted octanol–water partition coefficient (Wildman–Crippen LogP) is 4.38. The number of aliphatic hydroxyl groups excluding tert-OH is 2. The third kappa shape index (κ3) is 17.0. The highest BCUT2D eigenvalue weighted by atomic mass is 16.4. The zero-order valence-electron chi connectivity index (χ0n) is 14.9. The SMILES string of the molecule is CCCCC/C=C\CC(O)CC/C=C/C=C\[C@@H](O)CCCC(=O)O. The Balaban J connectivity index is 3.65. The summed E-state index contributed by atoms with van der Waals surface area (Å²) in [6, 6.07) is 0. The fourth-order valence-corrected chi connectivity index (χ4v) is 2.22. The van der Waals surface area contributed by atoms with E-state index in [9.17, 15) is 15.0 Å². The zero-order chi connectivity index (χ0) is 18.0. The van der Waals surface area contributed by atoms with Crippen molar-refractivity contribution in [2.24, 2.45) is 0 Å². The van der Waals surface area contributed by atoms with Crippen molar-refractivity contribution in [1.29, 1.82) is 0 Å². The first kappa shape index (κ1) is 22.6. The van der Waals surface area contributed by atoms with Gasteiger partial charge in [0.2, 0.25) is 0 Å². The van der Waals surface area contributed by atoms with Crippen molar-refractivity contribution in [3.8, 4) is 0 Å². The van der Waals surface area contributed by atoms with Gasteiger partial charge in [-0.1, -0.05) is 56.2 Å². The van der Waals surface area contributed by atoms with E-state index in [0.29, 0.717) is 19.3 Å². The van der Waals surface area contributed by atoms with Crippen molar-refractivity contribution in [1.82, 2.24) is 0 Å². The van der Waals surface area contributed by atoms with E-state index in [2.05, 4.69) is 19.1 Å². The topological polar surface area (TPSA) is 77.8 Å². The van der Waals surface area contributed by atoms with Gasteiger partial charge < -0.3 is 15.3 Å². The smallest absolute Gasteiger partial charge is 0.303 e. The van der Waals surface area contributed by atoms with Crippen molar-refractivity contribution in [2.45, 2.75) is 83.3 Å². The van der Waals surface area contributed by atoms with Gasteiger partial charge in [-0.2, -0.15) is 0 Å². The number of unbranched alkanes of at least 4 members (excludes halogenated alkanes) is 3. The van der Waals surface area contributed by atoms with Gasteiger partial charge in [0.05, 0.1) is 12.2 Å². The molecule has 0 fully saturated rings. The minimum absolute atomic E-state index is 0.0890. The summed E-state index contributed by atoms with van der Waals surface area (Å²) in [5.74, 6) is -0.833. The fourth-order valence-electron chi connectivity index (χ4n) is 2.22. The first-order valence-corrected chi connectivity index (χ1v) is 9.12. The van der Waals surface area contributed by atoms with Crippen LogP contribution >= 0.6 is 0 Å². The molecule has 0 heterocycles. The van der Waals surface area contributed by atoms with E-state index in [1.807, 2.05) is 12.2 Å². The lowest BCUT2D eigenvalue weighted by Gasteiger charge is -2.05. The predicted molar refractivity (Wildman–Crippen MR) is 98.9 cm³/mol. The van der Waals surface area contributed by atoms with Crippen LogP contribution in [0.3, 0.4) is 0 Å². The summed E-state index contributed by atoms with van der Waals surface area (Å²) in [5.41, 5.74) is 0. The van der Waals surface area contributed by atoms with Crippen LogP contribution in [0.25, 0.3) is 0 Å². The Kier molecular flexibility index (Phi) is 15.5. The molecule has 0 saturated heterocycles. The molecule has 0 spiro atoms. The number of carbonyl (C=O) groups is 1. The third-order valence-electron chi connectivity index (χ3n) is 3.69. The highest BCUT2D eigenvalue weighted by molar-refractivity contribution is 5.66. The lowest BCUT2D eigenvalue weighted by atomic mass is 10.1. The molecule has 0 aliphatic rings. The van der Waals surface area contributed by atoms with E-state index in [0.717, 1.165) is 19.3 Å². The number of allylic oxidation sites excluding steroid dienone is 4. The molecule has 0 aliphatic heterocycles. The first-order valence-electron chi connectivity index (χ1n) is 9.12. The minimum atomic E-state index is -0.833. The second kappa shape index (κ2) is 16.5. The maximum absolute atomic E-state index is 10.4. The summed E-state index contributed by atoms with van der Waals surface area (Å²) in [4.78, 5) is 10.4. The summed E-state index contributed by atoms with van der Waals surface area (Å²) in [6.45, 7) is 2.19. The van der Waals surface area contributed by atoms with Crippen molar-refractivity contribution in [3.05, 3.63) is 36.5 Å². The quantitative estimate of drug-likeness (QED) is 0.235. The van der Waals surface area contributed by atoms with E-state index < -0.39 is 12.1 Å². The van der Waals surface area contributed by atoms with Gasteiger partial charge in [0.1, 0.15) is 0 Å². The lowest BCUT2D eigenvalue weighted by molar-refractivity contribution is -0.137. The standard InChI is InChI=1S/C20H34O4/c1-2-3-4-5-6-9-13-18(21)14-10-7-8-11-15-19(22)16-12-17-20(23)24/h6-9,11,15,18-19,21-22H,2-5,10,12-14,16-17H2,1H3,(H,23,24)/b8-7+,9-6-,15-11-/t18?,19-/m1/s1. The number of carboxylic acids is 1. The number of hydrogen-bond donors (Lipinski definition) is 3. The average Bonchev–Trinajstić information content (AvgIpc) is 2.53. The van der Waals surface area contributed by atoms with E-state index >= 15 is 0 Å². The maximum Gasteiger partial charge on any atom is 0.303 e. The Morgan fingerprint density at radius 1 is 0.958 bits per heavy atom. The summed E-state index contributed by atoms with van der Waals surface area (Å²) < 4.78 is 0. The molecule has 24 heavy (non-hydrogen) atoms. The number of aliphatic hydroxyl groups is 2. The van der Waals surface area contributed by atoms with Crippen LogP contribution in [0, 0.1) is 0 Å². The van der Waals surface area contributed by atoms with E-state index in [1.165, 1.54) is 19.3 Å². The molecule has 0 aromatic carbocycles. The molecule has 0 rings (SSSR count). The van der Waals surface area contributed by atoms with Gasteiger partial charge in [-0.15, -0.1) is 0 Å². The van der Waals surface area contributed by atoms with Crippen molar-refractivity contribution >= 4 is 5.97 Å². The van der Waals surface area contributed by atoms with Gasteiger partial charge in [0.15, 0.2) is 0 Å². The van der Waals surface area contributed by atoms with Crippen LogP contribution < -0.4 is 0 Å². The van der Waals surface area contributed by atoms with Crippen LogP contribution in [0.15, 0.2) is 36.5 Å². The van der Waals surface area contributed by atoms with E-state index in [-0.39, 0.29) is 12.5 Å². The highest BCUT2D eigenvalue weighted by Crippen LogP contribution is 2.06. The molecule has 3 N–H and O–H groups in total. The second-order valence-corrected chi connectivity index (χ2v) is 6.10. The van der Waals surface area contributed by atoms with Crippen LogP contribution in [0.4, 0.5) is 0 Å². The molecule has 138 valence electrons. The molecule has 2 atom stereocenters. The molecule has 0 aromatic heterocycles. The zero-order valence-corrected chi connectivity index (χ0v) is 14.9. The molecule has 4 nitrogen and oxygen atoms in total. The monoisotopic (exact) mass is 338 g/mol. The Morgan fingerprint density at radius 3 is 2.46 bits per heavy atom. The normalized spacial score (nSPS) is 14.8. The van der Waals surface area contributed by atoms with Crippen LogP contribution in [-0.4, -0.2) is 33.5 Å². The molecule has 0 amide bonds. The average molecular weight is 338 g/mol. The summed E-state index contributed by atoms with van der Waals surface area (Å²) >= 11 is 0. The number of rotatable bonds is 15. The molecular formula is C20H34O4. The Labute approximate surface area is 146 Å². The van der Waals surface area contributed by atoms with Gasteiger partial charge in [-0.3, -0.25) is 4.79 Å². The summed E-state index contributed by atoms with van der Waals surface area (Å²) in [7, 11) is 0.